The van der Waals surface area contributed by atoms with Crippen LogP contribution in [0.5, 0.6) is 0 Å². The van der Waals surface area contributed by atoms with Gasteiger partial charge in [0.05, 0.1) is 34.1 Å². The maximum atomic E-state index is 11.2. The van der Waals surface area contributed by atoms with Crippen molar-refractivity contribution < 1.29 is 9.28 Å². The van der Waals surface area contributed by atoms with Crippen molar-refractivity contribution in [3.05, 3.63) is 11.6 Å². The van der Waals surface area contributed by atoms with E-state index in [2.05, 4.69) is 21.1 Å². The van der Waals surface area contributed by atoms with Crippen LogP contribution in [0.1, 0.15) is 20.3 Å². The molecule has 2 heteroatoms. The predicted molar refractivity (Wildman–Crippen MR) is 52.0 cm³/mol. The van der Waals surface area contributed by atoms with E-state index in [-0.39, 0.29) is 5.78 Å². The molecule has 12 heavy (non-hydrogen) atoms. The summed E-state index contributed by atoms with van der Waals surface area (Å²) in [4.78, 5) is 11.2. The summed E-state index contributed by atoms with van der Waals surface area (Å²) in [6.45, 7) is 4.80. The molecule has 2 nitrogen and oxygen atoms in total. The third-order valence-corrected chi connectivity index (χ3v) is 1.48. The van der Waals surface area contributed by atoms with Crippen LogP contribution in [0.4, 0.5) is 0 Å². The maximum absolute atomic E-state index is 11.2. The minimum Gasteiger partial charge on any atom is -0.331 e. The van der Waals surface area contributed by atoms with E-state index in [1.165, 1.54) is 0 Å². The standard InChI is InChI=1S/C10H20NO/c1-9(2)8-10(12)6-7-11(3,4)5/h8H,6-7H2,1-5H3/q+1. The average molecular weight is 170 g/mol. The van der Waals surface area contributed by atoms with Crippen LogP contribution in [0.15, 0.2) is 11.6 Å². The molecule has 0 N–H and O–H groups in total. The fraction of sp³-hybridized carbons (Fsp3) is 0.700. The monoisotopic (exact) mass is 170 g/mol. The van der Waals surface area contributed by atoms with Gasteiger partial charge in [0.15, 0.2) is 5.78 Å². The van der Waals surface area contributed by atoms with Crippen LogP contribution in [-0.4, -0.2) is 38.0 Å². The lowest BCUT2D eigenvalue weighted by atomic mass is 10.2. The Morgan fingerprint density at radius 1 is 1.25 bits per heavy atom. The molecule has 0 aliphatic rings. The number of allylic oxidation sites excluding steroid dienone is 2. The van der Waals surface area contributed by atoms with E-state index in [4.69, 9.17) is 0 Å². The van der Waals surface area contributed by atoms with Crippen LogP contribution in [0.25, 0.3) is 0 Å². The second-order valence-electron chi connectivity index (χ2n) is 4.45. The topological polar surface area (TPSA) is 17.1 Å². The van der Waals surface area contributed by atoms with E-state index in [1.807, 2.05) is 13.8 Å². The summed E-state index contributed by atoms with van der Waals surface area (Å²) in [7, 11) is 6.28. The molecule has 0 fully saturated rings. The molecule has 0 aromatic carbocycles. The van der Waals surface area contributed by atoms with Crippen LogP contribution < -0.4 is 0 Å². The summed E-state index contributed by atoms with van der Waals surface area (Å²) in [6.07, 6.45) is 2.37. The van der Waals surface area contributed by atoms with Crippen molar-refractivity contribution in [2.45, 2.75) is 20.3 Å². The van der Waals surface area contributed by atoms with Crippen LogP contribution in [0.2, 0.25) is 0 Å². The van der Waals surface area contributed by atoms with E-state index in [9.17, 15) is 4.79 Å². The van der Waals surface area contributed by atoms with Crippen LogP contribution in [0.3, 0.4) is 0 Å². The smallest absolute Gasteiger partial charge is 0.161 e. The highest BCUT2D eigenvalue weighted by atomic mass is 16.1. The largest absolute Gasteiger partial charge is 0.331 e. The highest BCUT2D eigenvalue weighted by Crippen LogP contribution is 1.97. The summed E-state index contributed by atoms with van der Waals surface area (Å²) in [5.74, 6) is 0.239. The second-order valence-corrected chi connectivity index (χ2v) is 4.45. The van der Waals surface area contributed by atoms with Gasteiger partial charge in [-0.05, 0) is 19.9 Å². The molecule has 0 aliphatic heterocycles. The van der Waals surface area contributed by atoms with Crippen molar-refractivity contribution in [3.8, 4) is 0 Å². The normalized spacial score (nSPS) is 11.1. The quantitative estimate of drug-likeness (QED) is 0.463. The Bertz CT molecular complexity index is 183. The fourth-order valence-electron chi connectivity index (χ4n) is 0.840. The van der Waals surface area contributed by atoms with Crippen molar-refractivity contribution >= 4 is 5.78 Å². The minimum atomic E-state index is 0.239. The molecule has 0 aromatic heterocycles. The SMILES string of the molecule is CC(C)=CC(=O)CC[N+](C)(C)C. The van der Waals surface area contributed by atoms with E-state index < -0.39 is 0 Å². The molecule has 0 aromatic rings. The van der Waals surface area contributed by atoms with Crippen molar-refractivity contribution in [1.29, 1.82) is 0 Å². The molecule has 0 heterocycles. The average Bonchev–Trinajstić information content (AvgIpc) is 1.80. The Kier molecular flexibility index (Phi) is 4.18. The summed E-state index contributed by atoms with van der Waals surface area (Å²) >= 11 is 0. The summed E-state index contributed by atoms with van der Waals surface area (Å²) in [5.41, 5.74) is 1.08. The minimum absolute atomic E-state index is 0.239. The molecule has 0 aliphatic carbocycles. The van der Waals surface area contributed by atoms with Crippen molar-refractivity contribution in [2.75, 3.05) is 27.7 Å². The first-order valence-corrected chi connectivity index (χ1v) is 4.29. The number of hydrogen-bond donors (Lipinski definition) is 0. The Morgan fingerprint density at radius 3 is 2.08 bits per heavy atom. The van der Waals surface area contributed by atoms with Gasteiger partial charge in [0.1, 0.15) is 0 Å². The third-order valence-electron chi connectivity index (χ3n) is 1.48. The maximum Gasteiger partial charge on any atom is 0.161 e. The first-order valence-electron chi connectivity index (χ1n) is 4.29. The lowest BCUT2D eigenvalue weighted by Crippen LogP contribution is -2.36. The van der Waals surface area contributed by atoms with E-state index in [0.717, 1.165) is 16.6 Å². The first-order chi connectivity index (χ1) is 5.31. The molecule has 0 amide bonds. The van der Waals surface area contributed by atoms with Gasteiger partial charge in [0, 0.05) is 0 Å². The van der Waals surface area contributed by atoms with Crippen molar-refractivity contribution in [1.82, 2.24) is 0 Å². The van der Waals surface area contributed by atoms with Gasteiger partial charge in [-0.1, -0.05) is 5.57 Å². The van der Waals surface area contributed by atoms with E-state index >= 15 is 0 Å². The van der Waals surface area contributed by atoms with E-state index in [0.29, 0.717) is 6.42 Å². The van der Waals surface area contributed by atoms with Gasteiger partial charge in [0.2, 0.25) is 0 Å². The van der Waals surface area contributed by atoms with Gasteiger partial charge in [0.25, 0.3) is 0 Å². The Balaban J connectivity index is 3.81. The summed E-state index contributed by atoms with van der Waals surface area (Å²) < 4.78 is 0.850. The Labute approximate surface area is 75.5 Å². The number of carbonyl (C=O) groups excluding carboxylic acids is 1. The zero-order valence-corrected chi connectivity index (χ0v) is 8.85. The van der Waals surface area contributed by atoms with Crippen molar-refractivity contribution in [3.63, 3.8) is 0 Å². The molecule has 0 bridgehead atoms. The van der Waals surface area contributed by atoms with Gasteiger partial charge in [-0.2, -0.15) is 0 Å². The molecule has 0 radical (unpaired) electrons. The Hall–Kier alpha value is -0.630. The molecule has 0 rings (SSSR count). The van der Waals surface area contributed by atoms with Gasteiger partial charge in [-0.25, -0.2) is 0 Å². The van der Waals surface area contributed by atoms with Crippen molar-refractivity contribution in [2.24, 2.45) is 0 Å². The van der Waals surface area contributed by atoms with Gasteiger partial charge in [-0.15, -0.1) is 0 Å². The summed E-state index contributed by atoms with van der Waals surface area (Å²) in [6, 6.07) is 0. The predicted octanol–water partition coefficient (Wildman–Crippen LogP) is 1.62. The van der Waals surface area contributed by atoms with Gasteiger partial charge in [-0.3, -0.25) is 4.79 Å². The zero-order valence-electron chi connectivity index (χ0n) is 8.85. The van der Waals surface area contributed by atoms with Crippen LogP contribution in [-0.2, 0) is 4.79 Å². The lowest BCUT2D eigenvalue weighted by Gasteiger charge is -2.22. The molecular weight excluding hydrogens is 150 g/mol. The summed E-state index contributed by atoms with van der Waals surface area (Å²) in [5, 5.41) is 0. The molecule has 0 saturated heterocycles. The molecule has 0 atom stereocenters. The third kappa shape index (κ3) is 7.48. The van der Waals surface area contributed by atoms with Crippen LogP contribution >= 0.6 is 0 Å². The molecule has 0 unspecified atom stereocenters. The van der Waals surface area contributed by atoms with E-state index in [1.54, 1.807) is 6.08 Å². The first kappa shape index (κ1) is 11.4. The number of ketones is 1. The zero-order chi connectivity index (χ0) is 9.78. The number of carbonyl (C=O) groups is 1. The molecule has 0 spiro atoms. The highest BCUT2D eigenvalue weighted by Gasteiger charge is 2.08. The number of quaternary nitrogens is 1. The second kappa shape index (κ2) is 4.41. The number of rotatable bonds is 4. The number of nitrogens with zero attached hydrogens (tertiary/aromatic N) is 1. The van der Waals surface area contributed by atoms with Gasteiger partial charge < -0.3 is 4.48 Å². The fourth-order valence-corrected chi connectivity index (χ4v) is 0.840. The van der Waals surface area contributed by atoms with Gasteiger partial charge >= 0.3 is 0 Å². The molecule has 0 saturated carbocycles. The lowest BCUT2D eigenvalue weighted by molar-refractivity contribution is -0.869. The number of hydrogen-bond acceptors (Lipinski definition) is 1. The van der Waals surface area contributed by atoms with Crippen LogP contribution in [0, 0.1) is 0 Å². The molecule has 70 valence electrons. The highest BCUT2D eigenvalue weighted by molar-refractivity contribution is 5.90. The Morgan fingerprint density at radius 2 is 1.75 bits per heavy atom. The molecular formula is C10H20NO+.